The van der Waals surface area contributed by atoms with Crippen molar-refractivity contribution >= 4 is 22.4 Å². The number of nitrogens with one attached hydrogen (secondary N) is 1. The van der Waals surface area contributed by atoms with Gasteiger partial charge in [0.25, 0.3) is 5.91 Å². The SMILES string of the molecule is C=CCOc1cccc(NC(=O)[C@@H](CC)Oc2ccc3ccccc3c2)c1. The predicted molar refractivity (Wildman–Crippen MR) is 109 cm³/mol. The summed E-state index contributed by atoms with van der Waals surface area (Å²) < 4.78 is 11.4. The molecule has 0 aliphatic rings. The fraction of sp³-hybridized carbons (Fsp3) is 0.174. The van der Waals surface area contributed by atoms with Gasteiger partial charge in [0.1, 0.15) is 18.1 Å². The van der Waals surface area contributed by atoms with E-state index >= 15 is 0 Å². The third-order valence-corrected chi connectivity index (χ3v) is 4.13. The minimum absolute atomic E-state index is 0.188. The Bertz CT molecular complexity index is 936. The quantitative estimate of drug-likeness (QED) is 0.561. The standard InChI is InChI=1S/C23H23NO3/c1-3-14-26-20-11-7-10-19(16-20)24-23(25)22(4-2)27-21-13-12-17-8-5-6-9-18(17)15-21/h3,5-13,15-16,22H,1,4,14H2,2H3,(H,24,25)/t22-/m1/s1. The van der Waals surface area contributed by atoms with Crippen LogP contribution in [0.15, 0.2) is 79.4 Å². The number of ether oxygens (including phenoxy) is 2. The summed E-state index contributed by atoms with van der Waals surface area (Å²) in [4.78, 5) is 12.6. The summed E-state index contributed by atoms with van der Waals surface area (Å²) in [5, 5.41) is 5.12. The van der Waals surface area contributed by atoms with E-state index in [2.05, 4.69) is 11.9 Å². The van der Waals surface area contributed by atoms with E-state index in [1.54, 1.807) is 12.1 Å². The third-order valence-electron chi connectivity index (χ3n) is 4.13. The Hall–Kier alpha value is -3.27. The summed E-state index contributed by atoms with van der Waals surface area (Å²) in [6.07, 6.45) is 1.66. The van der Waals surface area contributed by atoms with Crippen molar-refractivity contribution in [2.24, 2.45) is 0 Å². The Labute approximate surface area is 159 Å². The normalized spacial score (nSPS) is 11.6. The summed E-state index contributed by atoms with van der Waals surface area (Å²) in [5.74, 6) is 1.17. The number of carbonyl (C=O) groups excluding carboxylic acids is 1. The molecule has 1 atom stereocenters. The highest BCUT2D eigenvalue weighted by atomic mass is 16.5. The molecule has 4 heteroatoms. The molecule has 0 fully saturated rings. The number of carbonyl (C=O) groups is 1. The first-order valence-corrected chi connectivity index (χ1v) is 8.99. The van der Waals surface area contributed by atoms with Crippen LogP contribution in [0.25, 0.3) is 10.8 Å². The molecular formula is C23H23NO3. The molecule has 3 aromatic carbocycles. The third kappa shape index (κ3) is 4.88. The molecule has 0 aliphatic heterocycles. The molecule has 1 N–H and O–H groups in total. The van der Waals surface area contributed by atoms with Crippen molar-refractivity contribution in [2.45, 2.75) is 19.4 Å². The van der Waals surface area contributed by atoms with Gasteiger partial charge in [-0.05, 0) is 41.5 Å². The van der Waals surface area contributed by atoms with Crippen LogP contribution in [0, 0.1) is 0 Å². The Morgan fingerprint density at radius 1 is 1.04 bits per heavy atom. The molecule has 0 bridgehead atoms. The summed E-state index contributed by atoms with van der Waals surface area (Å²) in [7, 11) is 0. The molecule has 0 aliphatic carbocycles. The highest BCUT2D eigenvalue weighted by Gasteiger charge is 2.19. The summed E-state index contributed by atoms with van der Waals surface area (Å²) in [6, 6.07) is 21.2. The van der Waals surface area contributed by atoms with Crippen molar-refractivity contribution in [2.75, 3.05) is 11.9 Å². The lowest BCUT2D eigenvalue weighted by molar-refractivity contribution is -0.122. The van der Waals surface area contributed by atoms with E-state index in [1.165, 1.54) is 0 Å². The maximum absolute atomic E-state index is 12.6. The maximum Gasteiger partial charge on any atom is 0.265 e. The van der Waals surface area contributed by atoms with Crippen LogP contribution in [-0.4, -0.2) is 18.6 Å². The van der Waals surface area contributed by atoms with Crippen LogP contribution >= 0.6 is 0 Å². The predicted octanol–water partition coefficient (Wildman–Crippen LogP) is 5.20. The minimum atomic E-state index is -0.580. The van der Waals surface area contributed by atoms with Gasteiger partial charge in [-0.3, -0.25) is 4.79 Å². The van der Waals surface area contributed by atoms with Gasteiger partial charge >= 0.3 is 0 Å². The van der Waals surface area contributed by atoms with Crippen molar-refractivity contribution in [1.29, 1.82) is 0 Å². The van der Waals surface area contributed by atoms with Crippen molar-refractivity contribution in [3.63, 3.8) is 0 Å². The molecule has 4 nitrogen and oxygen atoms in total. The van der Waals surface area contributed by atoms with Crippen LogP contribution in [0.4, 0.5) is 5.69 Å². The number of benzene rings is 3. The molecule has 0 aromatic heterocycles. The van der Waals surface area contributed by atoms with Crippen LogP contribution in [-0.2, 0) is 4.79 Å². The Kier molecular flexibility index (Phi) is 6.10. The van der Waals surface area contributed by atoms with Crippen molar-refractivity contribution in [1.82, 2.24) is 0 Å². The summed E-state index contributed by atoms with van der Waals surface area (Å²) in [6.45, 7) is 5.97. The molecular weight excluding hydrogens is 338 g/mol. The zero-order valence-electron chi connectivity index (χ0n) is 15.4. The second-order valence-electron chi connectivity index (χ2n) is 6.14. The molecule has 27 heavy (non-hydrogen) atoms. The van der Waals surface area contributed by atoms with E-state index in [0.717, 1.165) is 10.8 Å². The van der Waals surface area contributed by atoms with Gasteiger partial charge in [0, 0.05) is 11.8 Å². The molecule has 0 saturated heterocycles. The molecule has 0 unspecified atom stereocenters. The van der Waals surface area contributed by atoms with Gasteiger partial charge in [0.05, 0.1) is 0 Å². The lowest BCUT2D eigenvalue weighted by Crippen LogP contribution is -2.32. The maximum atomic E-state index is 12.6. The van der Waals surface area contributed by atoms with Gasteiger partial charge in [-0.1, -0.05) is 56.0 Å². The van der Waals surface area contributed by atoms with Gasteiger partial charge in [-0.2, -0.15) is 0 Å². The minimum Gasteiger partial charge on any atom is -0.489 e. The smallest absolute Gasteiger partial charge is 0.265 e. The molecule has 0 heterocycles. The number of rotatable bonds is 8. The van der Waals surface area contributed by atoms with Crippen LogP contribution in [0.3, 0.4) is 0 Å². The largest absolute Gasteiger partial charge is 0.489 e. The van der Waals surface area contributed by atoms with Gasteiger partial charge in [-0.25, -0.2) is 0 Å². The van der Waals surface area contributed by atoms with Crippen LogP contribution in [0.1, 0.15) is 13.3 Å². The first-order valence-electron chi connectivity index (χ1n) is 8.99. The molecule has 3 rings (SSSR count). The Morgan fingerprint density at radius 2 is 1.85 bits per heavy atom. The van der Waals surface area contributed by atoms with E-state index in [0.29, 0.717) is 30.2 Å². The van der Waals surface area contributed by atoms with Crippen molar-refractivity contribution in [3.8, 4) is 11.5 Å². The zero-order chi connectivity index (χ0) is 19.1. The lowest BCUT2D eigenvalue weighted by atomic mass is 10.1. The molecule has 0 radical (unpaired) electrons. The first kappa shape index (κ1) is 18.5. The van der Waals surface area contributed by atoms with Crippen LogP contribution in [0.2, 0.25) is 0 Å². The average molecular weight is 361 g/mol. The lowest BCUT2D eigenvalue weighted by Gasteiger charge is -2.18. The van der Waals surface area contributed by atoms with Gasteiger partial charge in [-0.15, -0.1) is 0 Å². The van der Waals surface area contributed by atoms with Crippen molar-refractivity contribution in [3.05, 3.63) is 79.4 Å². The molecule has 3 aromatic rings. The molecule has 0 spiro atoms. The summed E-state index contributed by atoms with van der Waals surface area (Å²) >= 11 is 0. The van der Waals surface area contributed by atoms with E-state index in [9.17, 15) is 4.79 Å². The number of hydrogen-bond donors (Lipinski definition) is 1. The van der Waals surface area contributed by atoms with Crippen LogP contribution < -0.4 is 14.8 Å². The zero-order valence-corrected chi connectivity index (χ0v) is 15.4. The fourth-order valence-corrected chi connectivity index (χ4v) is 2.77. The number of anilines is 1. The monoisotopic (exact) mass is 361 g/mol. The second-order valence-corrected chi connectivity index (χ2v) is 6.14. The highest BCUT2D eigenvalue weighted by molar-refractivity contribution is 5.94. The summed E-state index contributed by atoms with van der Waals surface area (Å²) in [5.41, 5.74) is 0.669. The number of amides is 1. The molecule has 1 amide bonds. The number of fused-ring (bicyclic) bond motifs is 1. The molecule has 0 saturated carbocycles. The van der Waals surface area contributed by atoms with Gasteiger partial charge < -0.3 is 14.8 Å². The molecule has 138 valence electrons. The van der Waals surface area contributed by atoms with Gasteiger partial charge in [0.15, 0.2) is 6.10 Å². The Balaban J connectivity index is 1.69. The van der Waals surface area contributed by atoms with Gasteiger partial charge in [0.2, 0.25) is 0 Å². The first-order chi connectivity index (χ1) is 13.2. The average Bonchev–Trinajstić information content (AvgIpc) is 2.70. The fourth-order valence-electron chi connectivity index (χ4n) is 2.77. The van der Waals surface area contributed by atoms with E-state index in [-0.39, 0.29) is 5.91 Å². The van der Waals surface area contributed by atoms with Crippen LogP contribution in [0.5, 0.6) is 11.5 Å². The van der Waals surface area contributed by atoms with E-state index in [4.69, 9.17) is 9.47 Å². The second kappa shape index (κ2) is 8.90. The Morgan fingerprint density at radius 3 is 2.63 bits per heavy atom. The van der Waals surface area contributed by atoms with E-state index in [1.807, 2.05) is 67.6 Å². The highest BCUT2D eigenvalue weighted by Crippen LogP contribution is 2.23. The topological polar surface area (TPSA) is 47.6 Å². The van der Waals surface area contributed by atoms with Crippen molar-refractivity contribution < 1.29 is 14.3 Å². The number of hydrogen-bond acceptors (Lipinski definition) is 3. The van der Waals surface area contributed by atoms with E-state index < -0.39 is 6.10 Å².